The molecular formula is C15H13ClN2O2. The van der Waals surface area contributed by atoms with Crippen LogP contribution in [0.5, 0.6) is 11.5 Å². The Labute approximate surface area is 121 Å². The maximum Gasteiger partial charge on any atom is 0.124 e. The van der Waals surface area contributed by atoms with Gasteiger partial charge in [0.1, 0.15) is 11.5 Å². The summed E-state index contributed by atoms with van der Waals surface area (Å²) in [6, 6.07) is 11.1. The highest BCUT2D eigenvalue weighted by Crippen LogP contribution is 2.32. The molecule has 2 aromatic carbocycles. The van der Waals surface area contributed by atoms with Crippen LogP contribution in [-0.2, 0) is 0 Å². The van der Waals surface area contributed by atoms with Crippen molar-refractivity contribution in [3.8, 4) is 17.6 Å². The summed E-state index contributed by atoms with van der Waals surface area (Å²) in [5, 5.41) is 31.6. The Morgan fingerprint density at radius 2 is 1.95 bits per heavy atom. The molecule has 0 bridgehead atoms. The zero-order valence-corrected chi connectivity index (χ0v) is 11.5. The van der Waals surface area contributed by atoms with Crippen LogP contribution in [0.2, 0.25) is 5.02 Å². The summed E-state index contributed by atoms with van der Waals surface area (Å²) in [6.45, 7) is 1.85. The number of nitrogens with zero attached hydrogens (tertiary/aromatic N) is 1. The fraction of sp³-hybridized carbons (Fsp3) is 0.133. The van der Waals surface area contributed by atoms with Crippen LogP contribution in [0.1, 0.15) is 24.1 Å². The van der Waals surface area contributed by atoms with Gasteiger partial charge in [0.25, 0.3) is 0 Å². The Hall–Kier alpha value is -2.38. The van der Waals surface area contributed by atoms with Gasteiger partial charge in [0.2, 0.25) is 0 Å². The Morgan fingerprint density at radius 1 is 1.20 bits per heavy atom. The minimum atomic E-state index is -0.234. The minimum Gasteiger partial charge on any atom is -0.508 e. The minimum absolute atomic E-state index is 0.00226. The normalized spacial score (nSPS) is 11.7. The molecule has 3 N–H and O–H groups in total. The van der Waals surface area contributed by atoms with Gasteiger partial charge < -0.3 is 15.5 Å². The second kappa shape index (κ2) is 5.72. The van der Waals surface area contributed by atoms with Gasteiger partial charge >= 0.3 is 0 Å². The smallest absolute Gasteiger partial charge is 0.124 e. The van der Waals surface area contributed by atoms with Gasteiger partial charge in [-0.05, 0) is 37.3 Å². The molecule has 0 aliphatic carbocycles. The number of phenols is 2. The van der Waals surface area contributed by atoms with E-state index < -0.39 is 0 Å². The van der Waals surface area contributed by atoms with Crippen LogP contribution in [-0.4, -0.2) is 10.2 Å². The number of hydrogen-bond acceptors (Lipinski definition) is 4. The quantitative estimate of drug-likeness (QED) is 0.803. The number of benzene rings is 2. The van der Waals surface area contributed by atoms with E-state index in [0.717, 1.165) is 0 Å². The first-order valence-electron chi connectivity index (χ1n) is 5.99. The molecule has 1 unspecified atom stereocenters. The molecule has 0 aliphatic heterocycles. The van der Waals surface area contributed by atoms with E-state index in [4.69, 9.17) is 16.9 Å². The van der Waals surface area contributed by atoms with E-state index in [2.05, 4.69) is 5.32 Å². The highest BCUT2D eigenvalue weighted by atomic mass is 35.5. The first kappa shape index (κ1) is 14.0. The van der Waals surface area contributed by atoms with Crippen molar-refractivity contribution in [2.75, 3.05) is 5.32 Å². The predicted octanol–water partition coefficient (Wildman–Crippen LogP) is 3.80. The molecular weight excluding hydrogens is 276 g/mol. The van der Waals surface area contributed by atoms with Crippen LogP contribution in [0, 0.1) is 11.3 Å². The number of aromatic hydroxyl groups is 2. The molecule has 0 heterocycles. The molecule has 0 fully saturated rings. The van der Waals surface area contributed by atoms with Gasteiger partial charge in [-0.3, -0.25) is 0 Å². The lowest BCUT2D eigenvalue weighted by Crippen LogP contribution is -2.07. The maximum absolute atomic E-state index is 9.82. The maximum atomic E-state index is 9.82. The molecule has 4 nitrogen and oxygen atoms in total. The SMILES string of the molecule is CC(Nc1cc(C#N)ccc1Cl)c1ccc(O)cc1O. The summed E-state index contributed by atoms with van der Waals surface area (Å²) < 4.78 is 0. The molecule has 2 rings (SSSR count). The van der Waals surface area contributed by atoms with E-state index in [1.807, 2.05) is 13.0 Å². The third-order valence-corrected chi connectivity index (χ3v) is 3.28. The van der Waals surface area contributed by atoms with Gasteiger partial charge in [-0.25, -0.2) is 0 Å². The van der Waals surface area contributed by atoms with Crippen molar-refractivity contribution < 1.29 is 10.2 Å². The average molecular weight is 289 g/mol. The van der Waals surface area contributed by atoms with Crippen molar-refractivity contribution in [2.24, 2.45) is 0 Å². The first-order valence-corrected chi connectivity index (χ1v) is 6.37. The van der Waals surface area contributed by atoms with E-state index in [1.54, 1.807) is 24.3 Å². The lowest BCUT2D eigenvalue weighted by Gasteiger charge is -2.18. The summed E-state index contributed by atoms with van der Waals surface area (Å²) in [6.07, 6.45) is 0. The van der Waals surface area contributed by atoms with Crippen LogP contribution in [0.3, 0.4) is 0 Å². The molecule has 20 heavy (non-hydrogen) atoms. The van der Waals surface area contributed by atoms with Gasteiger partial charge in [0, 0.05) is 11.6 Å². The third kappa shape index (κ3) is 2.95. The van der Waals surface area contributed by atoms with Crippen molar-refractivity contribution in [3.63, 3.8) is 0 Å². The number of nitriles is 1. The molecule has 102 valence electrons. The lowest BCUT2D eigenvalue weighted by atomic mass is 10.1. The zero-order chi connectivity index (χ0) is 14.7. The average Bonchev–Trinajstić information content (AvgIpc) is 2.41. The topological polar surface area (TPSA) is 76.3 Å². The fourth-order valence-electron chi connectivity index (χ4n) is 1.91. The number of nitrogens with one attached hydrogen (secondary N) is 1. The van der Waals surface area contributed by atoms with Gasteiger partial charge in [-0.2, -0.15) is 5.26 Å². The van der Waals surface area contributed by atoms with Crippen LogP contribution in [0.25, 0.3) is 0 Å². The van der Waals surface area contributed by atoms with E-state index >= 15 is 0 Å². The second-order valence-corrected chi connectivity index (χ2v) is 4.82. The van der Waals surface area contributed by atoms with E-state index in [1.165, 1.54) is 12.1 Å². The van der Waals surface area contributed by atoms with Crippen molar-refractivity contribution in [2.45, 2.75) is 13.0 Å². The molecule has 5 heteroatoms. The van der Waals surface area contributed by atoms with Crippen molar-refractivity contribution in [3.05, 3.63) is 52.5 Å². The number of phenolic OH excluding ortho intramolecular Hbond substituents is 2. The summed E-state index contributed by atoms with van der Waals surface area (Å²) in [5.41, 5.74) is 1.74. The van der Waals surface area contributed by atoms with Gasteiger partial charge in [0.15, 0.2) is 0 Å². The van der Waals surface area contributed by atoms with Crippen LogP contribution < -0.4 is 5.32 Å². The Kier molecular flexibility index (Phi) is 4.02. The monoisotopic (exact) mass is 288 g/mol. The third-order valence-electron chi connectivity index (χ3n) is 2.95. The number of anilines is 1. The fourth-order valence-corrected chi connectivity index (χ4v) is 2.09. The highest BCUT2D eigenvalue weighted by molar-refractivity contribution is 6.33. The van der Waals surface area contributed by atoms with Gasteiger partial charge in [0.05, 0.1) is 28.4 Å². The molecule has 0 saturated heterocycles. The Balaban J connectivity index is 2.27. The number of rotatable bonds is 3. The molecule has 0 aromatic heterocycles. The Morgan fingerprint density at radius 3 is 2.60 bits per heavy atom. The van der Waals surface area contributed by atoms with Crippen LogP contribution >= 0.6 is 11.6 Å². The number of halogens is 1. The molecule has 0 saturated carbocycles. The highest BCUT2D eigenvalue weighted by Gasteiger charge is 2.12. The molecule has 0 radical (unpaired) electrons. The summed E-state index contributed by atoms with van der Waals surface area (Å²) in [4.78, 5) is 0. The van der Waals surface area contributed by atoms with Gasteiger partial charge in [-0.1, -0.05) is 11.6 Å². The summed E-state index contributed by atoms with van der Waals surface area (Å²) >= 11 is 6.08. The molecule has 2 aromatic rings. The van der Waals surface area contributed by atoms with Crippen LogP contribution in [0.15, 0.2) is 36.4 Å². The Bertz CT molecular complexity index is 680. The molecule has 0 aliphatic rings. The summed E-state index contributed by atoms with van der Waals surface area (Å²) in [7, 11) is 0. The summed E-state index contributed by atoms with van der Waals surface area (Å²) in [5.74, 6) is 0.000482. The molecule has 0 amide bonds. The van der Waals surface area contributed by atoms with Gasteiger partial charge in [-0.15, -0.1) is 0 Å². The number of hydrogen-bond donors (Lipinski definition) is 3. The standard InChI is InChI=1S/C15H13ClN2O2/c1-9(12-4-3-11(19)7-15(12)20)18-14-6-10(8-17)2-5-13(14)16/h2-7,9,18-20H,1H3. The zero-order valence-electron chi connectivity index (χ0n) is 10.8. The van der Waals surface area contributed by atoms with E-state index in [9.17, 15) is 10.2 Å². The molecule has 0 spiro atoms. The molecule has 1 atom stereocenters. The van der Waals surface area contributed by atoms with Crippen molar-refractivity contribution in [1.29, 1.82) is 5.26 Å². The lowest BCUT2D eigenvalue weighted by molar-refractivity contribution is 0.444. The second-order valence-electron chi connectivity index (χ2n) is 4.42. The predicted molar refractivity (Wildman–Crippen MR) is 78.0 cm³/mol. The largest absolute Gasteiger partial charge is 0.508 e. The van der Waals surface area contributed by atoms with E-state index in [-0.39, 0.29) is 17.5 Å². The van der Waals surface area contributed by atoms with Crippen molar-refractivity contribution >= 4 is 17.3 Å². The van der Waals surface area contributed by atoms with Crippen LogP contribution in [0.4, 0.5) is 5.69 Å². The van der Waals surface area contributed by atoms with Crippen molar-refractivity contribution in [1.82, 2.24) is 0 Å². The first-order chi connectivity index (χ1) is 9.51. The van der Waals surface area contributed by atoms with E-state index in [0.29, 0.717) is 21.8 Å².